The van der Waals surface area contributed by atoms with Crippen LogP contribution >= 0.6 is 37.9 Å². The Kier molecular flexibility index (Phi) is 15.7. The molecule has 83 heavy (non-hydrogen) atoms. The van der Waals surface area contributed by atoms with Crippen molar-refractivity contribution in [1.82, 2.24) is 0 Å². The first-order chi connectivity index (χ1) is 40.5. The van der Waals surface area contributed by atoms with Gasteiger partial charge in [-0.1, -0.05) is 132 Å². The Hall–Kier alpha value is -8.66. The highest BCUT2D eigenvalue weighted by Crippen LogP contribution is 2.74. The van der Waals surface area contributed by atoms with Gasteiger partial charge in [0.15, 0.2) is 0 Å². The van der Waals surface area contributed by atoms with Crippen molar-refractivity contribution in [2.75, 3.05) is 0 Å². The van der Waals surface area contributed by atoms with Crippen LogP contribution in [-0.4, -0.2) is 11.1 Å². The van der Waals surface area contributed by atoms with Gasteiger partial charge < -0.3 is 5.11 Å². The lowest BCUT2D eigenvalue weighted by molar-refractivity contribution is -0.0691. The lowest BCUT2D eigenvalue weighted by atomic mass is 9.32. The zero-order valence-electron chi connectivity index (χ0n) is 45.7. The summed E-state index contributed by atoms with van der Waals surface area (Å²) >= 11 is 13.3. The molecule has 0 spiro atoms. The molecule has 0 amide bonds. The van der Waals surface area contributed by atoms with E-state index in [0.29, 0.717) is 28.6 Å². The van der Waals surface area contributed by atoms with E-state index in [1.165, 1.54) is 51.1 Å². The van der Waals surface area contributed by atoms with E-state index in [9.17, 15) is 9.90 Å². The highest BCUT2D eigenvalue weighted by molar-refractivity contribution is 7.79. The molecule has 7 heteroatoms. The van der Waals surface area contributed by atoms with Crippen LogP contribution in [0.2, 0.25) is 0 Å². The van der Waals surface area contributed by atoms with Gasteiger partial charge in [-0.2, -0.15) is 48.1 Å². The first-order valence-corrected chi connectivity index (χ1v) is 29.9. The fourth-order valence-corrected chi connectivity index (χ4v) is 14.2. The molecular weight excluding hydrogens is 1070 g/mol. The van der Waals surface area contributed by atoms with Crippen molar-refractivity contribution in [2.24, 2.45) is 10.2 Å². The van der Waals surface area contributed by atoms with Gasteiger partial charge in [0.1, 0.15) is 0 Å². The Labute approximate surface area is 504 Å². The summed E-state index contributed by atoms with van der Waals surface area (Å²) in [6, 6.07) is 75.9. The molecule has 0 heterocycles. The minimum atomic E-state index is -0.979. The molecule has 4 aliphatic carbocycles. The van der Waals surface area contributed by atoms with Crippen LogP contribution in [0.15, 0.2) is 229 Å². The maximum atomic E-state index is 11.3. The molecule has 0 aliphatic heterocycles. The van der Waals surface area contributed by atoms with Crippen molar-refractivity contribution in [3.63, 3.8) is 0 Å². The molecule has 9 aromatic carbocycles. The number of hydrogen-bond donors (Lipinski definition) is 4. The maximum Gasteiger partial charge on any atom is 0.335 e. The van der Waals surface area contributed by atoms with Gasteiger partial charge in [-0.05, 0) is 233 Å². The largest absolute Gasteiger partial charge is 0.478 e. The fourth-order valence-electron chi connectivity index (χ4n) is 13.5. The average molecular weight is 1130 g/mol. The summed E-state index contributed by atoms with van der Waals surface area (Å²) in [7, 11) is 0. The first-order valence-electron chi connectivity index (χ1n) is 28.0. The standard InChI is InChI=1S/C76H58N2O2S3/c79-72(80)65-31-43-71(44-32-65)78-77-70-41-29-61(30-42-70)8-7-60-27-39-69(40-28-60)76-51-73(66-33-21-57(22-34-66)4-1-54-9-15-62(45-81)16-10-54)48-74(52-76,67-35-23-58(24-36-67)5-2-55-11-17-63(46-82)18-12-55)50-75(49-73,53-76)68-37-25-59(26-38-68)6-3-56-13-19-64(47-83)20-14-56/h9-44,81-83H,45-53H2,(H,79,80). The van der Waals surface area contributed by atoms with E-state index in [4.69, 9.17) is 0 Å². The van der Waals surface area contributed by atoms with Crippen LogP contribution in [0.1, 0.15) is 132 Å². The van der Waals surface area contributed by atoms with Crippen molar-refractivity contribution in [2.45, 2.75) is 77.4 Å². The number of benzene rings is 9. The molecule has 4 nitrogen and oxygen atoms in total. The Morgan fingerprint density at radius 3 is 0.711 bits per heavy atom. The minimum absolute atomic E-state index is 0.159. The van der Waals surface area contributed by atoms with Crippen molar-refractivity contribution in [3.05, 3.63) is 307 Å². The number of carboxylic acid groups (broad SMARTS) is 1. The average Bonchev–Trinajstić information content (AvgIpc) is 1.24. The van der Waals surface area contributed by atoms with Gasteiger partial charge in [-0.25, -0.2) is 4.79 Å². The predicted molar refractivity (Wildman–Crippen MR) is 346 cm³/mol. The molecule has 0 aromatic heterocycles. The number of rotatable bonds is 10. The van der Waals surface area contributed by atoms with Crippen LogP contribution in [0.5, 0.6) is 0 Å². The summed E-state index contributed by atoms with van der Waals surface area (Å²) in [4.78, 5) is 11.3. The van der Waals surface area contributed by atoms with Crippen LogP contribution < -0.4 is 0 Å². The van der Waals surface area contributed by atoms with Gasteiger partial charge in [0.05, 0.1) is 16.9 Å². The molecule has 4 fully saturated rings. The number of aromatic carboxylic acids is 1. The van der Waals surface area contributed by atoms with Crippen molar-refractivity contribution >= 4 is 55.2 Å². The molecule has 402 valence electrons. The normalized spacial score (nSPS) is 19.9. The van der Waals surface area contributed by atoms with E-state index < -0.39 is 5.97 Å². The highest BCUT2D eigenvalue weighted by Gasteiger charge is 2.69. The van der Waals surface area contributed by atoms with E-state index in [1.807, 2.05) is 24.3 Å². The van der Waals surface area contributed by atoms with Gasteiger partial charge in [0.25, 0.3) is 0 Å². The number of carbonyl (C=O) groups is 1. The minimum Gasteiger partial charge on any atom is -0.478 e. The quantitative estimate of drug-likeness (QED) is 0.0626. The Balaban J connectivity index is 0.914. The zero-order valence-corrected chi connectivity index (χ0v) is 48.4. The third-order valence-electron chi connectivity index (χ3n) is 17.1. The number of thiol groups is 3. The summed E-state index contributed by atoms with van der Waals surface area (Å²) in [5, 5.41) is 17.9. The van der Waals surface area contributed by atoms with E-state index in [-0.39, 0.29) is 27.2 Å². The first kappa shape index (κ1) is 54.9. The van der Waals surface area contributed by atoms with Gasteiger partial charge in [-0.3, -0.25) is 0 Å². The number of azo groups is 1. The van der Waals surface area contributed by atoms with Gasteiger partial charge in [0, 0.05) is 61.8 Å². The summed E-state index contributed by atoms with van der Waals surface area (Å²) in [5.41, 5.74) is 17.6. The molecule has 0 atom stereocenters. The fraction of sp³-hybridized carbons (Fsp3) is 0.171. The van der Waals surface area contributed by atoms with Gasteiger partial charge in [-0.15, -0.1) is 0 Å². The van der Waals surface area contributed by atoms with Crippen LogP contribution in [0, 0.1) is 47.4 Å². The topological polar surface area (TPSA) is 62.0 Å². The molecule has 0 radical (unpaired) electrons. The van der Waals surface area contributed by atoms with E-state index in [2.05, 4.69) is 265 Å². The van der Waals surface area contributed by atoms with Crippen LogP contribution in [0.4, 0.5) is 11.4 Å². The van der Waals surface area contributed by atoms with Crippen molar-refractivity contribution in [3.8, 4) is 47.4 Å². The molecule has 4 bridgehead atoms. The lowest BCUT2D eigenvalue weighted by Crippen LogP contribution is -2.67. The third kappa shape index (κ3) is 12.0. The lowest BCUT2D eigenvalue weighted by Gasteiger charge is -2.71. The van der Waals surface area contributed by atoms with E-state index in [0.717, 1.165) is 83.0 Å². The Bertz CT molecular complexity index is 3840. The number of nitrogens with zero attached hydrogens (tertiary/aromatic N) is 2. The summed E-state index contributed by atoms with van der Waals surface area (Å²) in [6.45, 7) is 0. The van der Waals surface area contributed by atoms with E-state index in [1.54, 1.807) is 12.1 Å². The van der Waals surface area contributed by atoms with Crippen LogP contribution in [-0.2, 0) is 38.9 Å². The predicted octanol–water partition coefficient (Wildman–Crippen LogP) is 17.1. The Morgan fingerprint density at radius 1 is 0.313 bits per heavy atom. The summed E-state index contributed by atoms with van der Waals surface area (Å²) < 4.78 is 0. The second kappa shape index (κ2) is 23.7. The summed E-state index contributed by atoms with van der Waals surface area (Å²) in [5.74, 6) is 28.6. The van der Waals surface area contributed by atoms with E-state index >= 15 is 0 Å². The Morgan fingerprint density at radius 2 is 0.506 bits per heavy atom. The molecule has 13 rings (SSSR count). The molecule has 1 N–H and O–H groups in total. The molecule has 9 aromatic rings. The second-order valence-electron chi connectivity index (χ2n) is 22.7. The highest BCUT2D eigenvalue weighted by atomic mass is 32.1. The zero-order chi connectivity index (χ0) is 56.9. The third-order valence-corrected chi connectivity index (χ3v) is 18.2. The van der Waals surface area contributed by atoms with Crippen molar-refractivity contribution < 1.29 is 9.90 Å². The second-order valence-corrected chi connectivity index (χ2v) is 23.6. The van der Waals surface area contributed by atoms with Gasteiger partial charge in [0.2, 0.25) is 0 Å². The number of carboxylic acids is 1. The molecule has 0 unspecified atom stereocenters. The molecule has 0 saturated heterocycles. The molecular formula is C76H58N2O2S3. The SMILES string of the molecule is O=C(O)c1ccc(N=Nc2ccc(C#Cc3ccc(C45CC6(c7ccc(C#Cc8ccc(CS)cc8)cc7)CC(c7ccc(C#Cc8ccc(CS)cc8)cc7)(CC(c7ccc(C#Cc8ccc(CS)cc8)cc7)(C6)C4)C5)cc3)cc2)cc1. The van der Waals surface area contributed by atoms with Crippen LogP contribution in [0.25, 0.3) is 0 Å². The summed E-state index contributed by atoms with van der Waals surface area (Å²) in [6.07, 6.45) is 6.19. The maximum absolute atomic E-state index is 11.3. The van der Waals surface area contributed by atoms with Gasteiger partial charge >= 0.3 is 5.97 Å². The number of hydrogen-bond acceptors (Lipinski definition) is 6. The molecule has 4 saturated carbocycles. The van der Waals surface area contributed by atoms with Crippen molar-refractivity contribution in [1.29, 1.82) is 0 Å². The van der Waals surface area contributed by atoms with Crippen LogP contribution in [0.3, 0.4) is 0 Å². The molecule has 4 aliphatic rings. The smallest absolute Gasteiger partial charge is 0.335 e. The monoisotopic (exact) mass is 1130 g/mol.